The lowest BCUT2D eigenvalue weighted by molar-refractivity contribution is -0.138. The number of benzene rings is 1. The maximum atomic E-state index is 12.6. The highest BCUT2D eigenvalue weighted by atomic mass is 16.5. The van der Waals surface area contributed by atoms with E-state index in [9.17, 15) is 14.4 Å². The Bertz CT molecular complexity index is 658. The predicted molar refractivity (Wildman–Crippen MR) is 87.8 cm³/mol. The van der Waals surface area contributed by atoms with E-state index in [4.69, 9.17) is 4.74 Å². The SMILES string of the molecule is CCCC(=O)N1CCC[C@H]1C(=O)N[C@@H]1COc2ccccc2C1=O. The van der Waals surface area contributed by atoms with E-state index in [-0.39, 0.29) is 24.2 Å². The van der Waals surface area contributed by atoms with Crippen molar-refractivity contribution in [3.05, 3.63) is 29.8 Å². The van der Waals surface area contributed by atoms with Crippen molar-refractivity contribution in [2.45, 2.75) is 44.7 Å². The van der Waals surface area contributed by atoms with Gasteiger partial charge >= 0.3 is 0 Å². The van der Waals surface area contributed by atoms with Gasteiger partial charge in [0.1, 0.15) is 24.4 Å². The Labute approximate surface area is 141 Å². The molecule has 1 aromatic rings. The highest BCUT2D eigenvalue weighted by Gasteiger charge is 2.37. The first-order valence-corrected chi connectivity index (χ1v) is 8.47. The second-order valence-electron chi connectivity index (χ2n) is 6.23. The van der Waals surface area contributed by atoms with Crippen molar-refractivity contribution in [1.29, 1.82) is 0 Å². The number of Topliss-reactive ketones (excluding diaryl/α,β-unsaturated/α-hetero) is 1. The van der Waals surface area contributed by atoms with Crippen LogP contribution in [0.1, 0.15) is 43.0 Å². The molecule has 0 aliphatic carbocycles. The summed E-state index contributed by atoms with van der Waals surface area (Å²) in [5, 5.41) is 2.77. The lowest BCUT2D eigenvalue weighted by Gasteiger charge is -2.28. The van der Waals surface area contributed by atoms with Crippen LogP contribution in [0.3, 0.4) is 0 Å². The van der Waals surface area contributed by atoms with Gasteiger partial charge in [-0.1, -0.05) is 19.1 Å². The molecule has 0 spiro atoms. The topological polar surface area (TPSA) is 75.7 Å². The number of likely N-dealkylation sites (tertiary alicyclic amines) is 1. The van der Waals surface area contributed by atoms with Crippen LogP contribution in [0.2, 0.25) is 0 Å². The monoisotopic (exact) mass is 330 g/mol. The lowest BCUT2D eigenvalue weighted by Crippen LogP contribution is -2.53. The summed E-state index contributed by atoms with van der Waals surface area (Å²) in [6.45, 7) is 2.67. The molecule has 0 bridgehead atoms. The van der Waals surface area contributed by atoms with E-state index in [1.165, 1.54) is 0 Å². The summed E-state index contributed by atoms with van der Waals surface area (Å²) in [6.07, 6.45) is 2.66. The molecule has 2 heterocycles. The summed E-state index contributed by atoms with van der Waals surface area (Å²) >= 11 is 0. The molecule has 2 amide bonds. The molecule has 24 heavy (non-hydrogen) atoms. The Hall–Kier alpha value is -2.37. The maximum Gasteiger partial charge on any atom is 0.243 e. The number of rotatable bonds is 4. The normalized spacial score (nSPS) is 22.7. The lowest BCUT2D eigenvalue weighted by atomic mass is 10.0. The minimum Gasteiger partial charge on any atom is -0.490 e. The van der Waals surface area contributed by atoms with E-state index in [2.05, 4.69) is 5.32 Å². The Balaban J connectivity index is 1.67. The molecule has 0 aromatic heterocycles. The van der Waals surface area contributed by atoms with Crippen LogP contribution in [-0.2, 0) is 9.59 Å². The first-order valence-electron chi connectivity index (χ1n) is 8.47. The number of para-hydroxylation sites is 1. The van der Waals surface area contributed by atoms with Crippen molar-refractivity contribution < 1.29 is 19.1 Å². The molecule has 0 saturated carbocycles. The Morgan fingerprint density at radius 3 is 2.92 bits per heavy atom. The van der Waals surface area contributed by atoms with Crippen molar-refractivity contribution in [3.63, 3.8) is 0 Å². The summed E-state index contributed by atoms with van der Waals surface area (Å²) in [5.74, 6) is 0.147. The number of hydrogen-bond acceptors (Lipinski definition) is 4. The number of ketones is 1. The minimum atomic E-state index is -0.698. The molecule has 128 valence electrons. The van der Waals surface area contributed by atoms with Gasteiger partial charge < -0.3 is 15.0 Å². The molecule has 0 unspecified atom stereocenters. The molecule has 6 nitrogen and oxygen atoms in total. The number of nitrogens with one attached hydrogen (secondary N) is 1. The van der Waals surface area contributed by atoms with E-state index in [0.29, 0.717) is 30.7 Å². The van der Waals surface area contributed by atoms with E-state index < -0.39 is 12.1 Å². The first kappa shape index (κ1) is 16.5. The van der Waals surface area contributed by atoms with Gasteiger partial charge in [0.15, 0.2) is 5.78 Å². The van der Waals surface area contributed by atoms with Crippen molar-refractivity contribution in [2.24, 2.45) is 0 Å². The fourth-order valence-electron chi connectivity index (χ4n) is 3.30. The fraction of sp³-hybridized carbons (Fsp3) is 0.500. The largest absolute Gasteiger partial charge is 0.490 e. The van der Waals surface area contributed by atoms with E-state index in [0.717, 1.165) is 12.8 Å². The zero-order chi connectivity index (χ0) is 17.1. The quantitative estimate of drug-likeness (QED) is 0.908. The highest BCUT2D eigenvalue weighted by molar-refractivity contribution is 6.05. The molecule has 6 heteroatoms. The Kier molecular flexibility index (Phi) is 4.83. The molecule has 1 aromatic carbocycles. The Morgan fingerprint density at radius 2 is 2.12 bits per heavy atom. The highest BCUT2D eigenvalue weighted by Crippen LogP contribution is 2.25. The van der Waals surface area contributed by atoms with Gasteiger partial charge in [0.05, 0.1) is 5.56 Å². The van der Waals surface area contributed by atoms with Crippen molar-refractivity contribution in [3.8, 4) is 5.75 Å². The van der Waals surface area contributed by atoms with Gasteiger partial charge in [0, 0.05) is 13.0 Å². The number of ether oxygens (including phenoxy) is 1. The molecule has 0 radical (unpaired) electrons. The van der Waals surface area contributed by atoms with Crippen molar-refractivity contribution >= 4 is 17.6 Å². The minimum absolute atomic E-state index is 0.00622. The fourth-order valence-corrected chi connectivity index (χ4v) is 3.30. The number of carbonyl (C=O) groups excluding carboxylic acids is 3. The number of carbonyl (C=O) groups is 3. The van der Waals surface area contributed by atoms with Crippen LogP contribution in [0.25, 0.3) is 0 Å². The van der Waals surface area contributed by atoms with E-state index in [1.54, 1.807) is 29.2 Å². The van der Waals surface area contributed by atoms with E-state index in [1.807, 2.05) is 6.92 Å². The number of amides is 2. The van der Waals surface area contributed by atoms with Crippen LogP contribution < -0.4 is 10.1 Å². The average Bonchev–Trinajstić information content (AvgIpc) is 3.08. The number of hydrogen-bond donors (Lipinski definition) is 1. The zero-order valence-electron chi connectivity index (χ0n) is 13.8. The standard InChI is InChI=1S/C18H22N2O4/c1-2-6-16(21)20-10-5-8-14(20)18(23)19-13-11-24-15-9-4-3-7-12(15)17(13)22/h3-4,7,9,13-14H,2,5-6,8,10-11H2,1H3,(H,19,23)/t13-,14+/m1/s1. The maximum absolute atomic E-state index is 12.6. The van der Waals surface area contributed by atoms with Gasteiger partial charge in [0.2, 0.25) is 11.8 Å². The van der Waals surface area contributed by atoms with Gasteiger partial charge in [0.25, 0.3) is 0 Å². The zero-order valence-corrected chi connectivity index (χ0v) is 13.8. The molecule has 1 N–H and O–H groups in total. The summed E-state index contributed by atoms with van der Waals surface area (Å²) in [4.78, 5) is 38.9. The average molecular weight is 330 g/mol. The third kappa shape index (κ3) is 3.13. The third-order valence-corrected chi connectivity index (χ3v) is 4.53. The molecule has 2 aliphatic rings. The third-order valence-electron chi connectivity index (χ3n) is 4.53. The van der Waals surface area contributed by atoms with Crippen LogP contribution in [0, 0.1) is 0 Å². The van der Waals surface area contributed by atoms with Crippen LogP contribution in [0.4, 0.5) is 0 Å². The number of fused-ring (bicyclic) bond motifs is 1. The first-order chi connectivity index (χ1) is 11.6. The summed E-state index contributed by atoms with van der Waals surface area (Å²) in [6, 6.07) is 5.84. The second kappa shape index (κ2) is 7.03. The van der Waals surface area contributed by atoms with Gasteiger partial charge in [-0.15, -0.1) is 0 Å². The van der Waals surface area contributed by atoms with E-state index >= 15 is 0 Å². The predicted octanol–water partition coefficient (Wildman–Crippen LogP) is 1.54. The summed E-state index contributed by atoms with van der Waals surface area (Å²) < 4.78 is 5.57. The molecule has 2 aliphatic heterocycles. The van der Waals surface area contributed by atoms with Crippen molar-refractivity contribution in [2.75, 3.05) is 13.2 Å². The van der Waals surface area contributed by atoms with Crippen LogP contribution in [0.5, 0.6) is 5.75 Å². The van der Waals surface area contributed by atoms with Crippen LogP contribution >= 0.6 is 0 Å². The van der Waals surface area contributed by atoms with Gasteiger partial charge in [-0.2, -0.15) is 0 Å². The molecule has 1 saturated heterocycles. The molecular weight excluding hydrogens is 308 g/mol. The Morgan fingerprint density at radius 1 is 1.33 bits per heavy atom. The number of nitrogens with zero attached hydrogens (tertiary/aromatic N) is 1. The van der Waals surface area contributed by atoms with Gasteiger partial charge in [-0.05, 0) is 31.4 Å². The van der Waals surface area contributed by atoms with Crippen LogP contribution in [-0.4, -0.2) is 47.7 Å². The molecule has 1 fully saturated rings. The van der Waals surface area contributed by atoms with Crippen molar-refractivity contribution in [1.82, 2.24) is 10.2 Å². The summed E-state index contributed by atoms with van der Waals surface area (Å²) in [5.41, 5.74) is 0.486. The van der Waals surface area contributed by atoms with Gasteiger partial charge in [-0.25, -0.2) is 0 Å². The second-order valence-corrected chi connectivity index (χ2v) is 6.23. The molecule has 3 rings (SSSR count). The van der Waals surface area contributed by atoms with Gasteiger partial charge in [-0.3, -0.25) is 14.4 Å². The smallest absolute Gasteiger partial charge is 0.243 e. The molecular formula is C18H22N2O4. The summed E-state index contributed by atoms with van der Waals surface area (Å²) in [7, 11) is 0. The molecule has 2 atom stereocenters. The van der Waals surface area contributed by atoms with Crippen LogP contribution in [0.15, 0.2) is 24.3 Å².